The summed E-state index contributed by atoms with van der Waals surface area (Å²) in [6.45, 7) is 9.62. The van der Waals surface area contributed by atoms with Crippen molar-refractivity contribution < 1.29 is 33.4 Å². The second-order valence-corrected chi connectivity index (χ2v) is 12.8. The first-order valence-corrected chi connectivity index (χ1v) is 17.1. The second kappa shape index (κ2) is 19.5. The number of aromatic nitrogens is 3. The number of likely N-dealkylation sites (N-methyl/N-ethyl adjacent to an activating group) is 1. The molecular formula is C34H52N8O7. The van der Waals surface area contributed by atoms with E-state index in [0.717, 1.165) is 43.5 Å². The number of carbonyl (C=O) groups is 5. The summed E-state index contributed by atoms with van der Waals surface area (Å²) in [4.78, 5) is 63.4. The molecule has 2 aromatic rings. The Kier molecular flexibility index (Phi) is 15.5. The van der Waals surface area contributed by atoms with Gasteiger partial charge >= 0.3 is 6.09 Å². The van der Waals surface area contributed by atoms with Crippen molar-refractivity contribution in [1.82, 2.24) is 35.8 Å². The van der Waals surface area contributed by atoms with Gasteiger partial charge in [-0.25, -0.2) is 9.48 Å². The van der Waals surface area contributed by atoms with Crippen LogP contribution in [0.3, 0.4) is 0 Å². The van der Waals surface area contributed by atoms with E-state index >= 15 is 0 Å². The van der Waals surface area contributed by atoms with E-state index in [4.69, 9.17) is 9.47 Å². The Hall–Kier alpha value is -4.53. The molecule has 2 atom stereocenters. The number of carbonyl (C=O) groups excluding carboxylic acids is 5. The highest BCUT2D eigenvalue weighted by Crippen LogP contribution is 2.30. The molecule has 15 nitrogen and oxygen atoms in total. The first kappa shape index (κ1) is 38.9. The standard InChI is InChI=1S/C34H52N8O7/c1-7-28(43)35-17-18-41(6)34(47)49-20-24-13-15-25(16-14-24)37-29(44)19-36-33(46)31(22(2)3)38-30(45)21-48-27-12-10-8-9-11-26-32(27)39-40-42(26)23(4)5/h13-16,22-23,27,31H,7-12,17-21H2,1-6H3,(H,35,43)(H,36,46)(H,37,44)(H,38,45). The highest BCUT2D eigenvalue weighted by Gasteiger charge is 2.28. The van der Waals surface area contributed by atoms with E-state index in [0.29, 0.717) is 30.8 Å². The Morgan fingerprint density at radius 1 is 0.980 bits per heavy atom. The van der Waals surface area contributed by atoms with Crippen LogP contribution >= 0.6 is 0 Å². The van der Waals surface area contributed by atoms with Gasteiger partial charge in [0.25, 0.3) is 0 Å². The van der Waals surface area contributed by atoms with E-state index in [-0.39, 0.29) is 43.7 Å². The predicted molar refractivity (Wildman–Crippen MR) is 182 cm³/mol. The summed E-state index contributed by atoms with van der Waals surface area (Å²) in [5.41, 5.74) is 3.03. The molecule has 1 aromatic carbocycles. The largest absolute Gasteiger partial charge is 0.445 e. The molecule has 3 rings (SSSR count). The molecule has 2 unspecified atom stereocenters. The highest BCUT2D eigenvalue weighted by atomic mass is 16.6. The van der Waals surface area contributed by atoms with Gasteiger partial charge in [-0.3, -0.25) is 19.2 Å². The number of nitrogens with zero attached hydrogens (tertiary/aromatic N) is 4. The molecular weight excluding hydrogens is 632 g/mol. The van der Waals surface area contributed by atoms with Gasteiger partial charge in [-0.15, -0.1) is 5.10 Å². The fourth-order valence-electron chi connectivity index (χ4n) is 5.26. The van der Waals surface area contributed by atoms with Crippen molar-refractivity contribution in [3.8, 4) is 0 Å². The average Bonchev–Trinajstić information content (AvgIpc) is 3.48. The number of rotatable bonds is 16. The van der Waals surface area contributed by atoms with Crippen molar-refractivity contribution >= 4 is 35.4 Å². The van der Waals surface area contributed by atoms with Gasteiger partial charge < -0.3 is 35.6 Å². The molecule has 1 aromatic heterocycles. The van der Waals surface area contributed by atoms with Gasteiger partial charge in [0, 0.05) is 38.3 Å². The minimum Gasteiger partial charge on any atom is -0.445 e. The van der Waals surface area contributed by atoms with E-state index < -0.39 is 29.9 Å². The van der Waals surface area contributed by atoms with Gasteiger partial charge in [-0.2, -0.15) is 0 Å². The molecule has 0 saturated heterocycles. The molecule has 1 aliphatic carbocycles. The number of hydrogen-bond donors (Lipinski definition) is 4. The van der Waals surface area contributed by atoms with E-state index in [2.05, 4.69) is 45.4 Å². The number of hydrogen-bond acceptors (Lipinski definition) is 9. The Morgan fingerprint density at radius 3 is 2.39 bits per heavy atom. The monoisotopic (exact) mass is 684 g/mol. The number of amides is 5. The fourth-order valence-corrected chi connectivity index (χ4v) is 5.26. The van der Waals surface area contributed by atoms with Gasteiger partial charge in [-0.05, 0) is 56.7 Å². The van der Waals surface area contributed by atoms with Crippen LogP contribution in [0.2, 0.25) is 0 Å². The van der Waals surface area contributed by atoms with E-state index in [9.17, 15) is 24.0 Å². The van der Waals surface area contributed by atoms with E-state index in [1.54, 1.807) is 52.1 Å². The highest BCUT2D eigenvalue weighted by molar-refractivity contribution is 5.96. The third kappa shape index (κ3) is 12.5. The molecule has 0 fully saturated rings. The Bertz CT molecular complexity index is 1410. The molecule has 0 spiro atoms. The lowest BCUT2D eigenvalue weighted by Gasteiger charge is -2.23. The van der Waals surface area contributed by atoms with Crippen LogP contribution in [0.15, 0.2) is 24.3 Å². The number of nitrogens with one attached hydrogen (secondary N) is 4. The maximum absolute atomic E-state index is 13.0. The predicted octanol–water partition coefficient (Wildman–Crippen LogP) is 3.02. The van der Waals surface area contributed by atoms with Gasteiger partial charge in [-0.1, -0.05) is 51.0 Å². The normalized spacial score (nSPS) is 15.0. The smallest absolute Gasteiger partial charge is 0.409 e. The molecule has 49 heavy (non-hydrogen) atoms. The Labute approximate surface area is 288 Å². The number of benzene rings is 1. The molecule has 1 heterocycles. The third-order valence-corrected chi connectivity index (χ3v) is 8.10. The molecule has 15 heteroatoms. The molecule has 1 aliphatic rings. The van der Waals surface area contributed by atoms with Crippen molar-refractivity contribution in [3.05, 3.63) is 41.2 Å². The summed E-state index contributed by atoms with van der Waals surface area (Å²) < 4.78 is 13.3. The molecule has 0 bridgehead atoms. The number of ether oxygens (including phenoxy) is 2. The van der Waals surface area contributed by atoms with Crippen LogP contribution in [0.5, 0.6) is 0 Å². The van der Waals surface area contributed by atoms with Crippen LogP contribution in [-0.4, -0.2) is 88.9 Å². The molecule has 0 radical (unpaired) electrons. The minimum atomic E-state index is -0.866. The van der Waals surface area contributed by atoms with Crippen LogP contribution in [0, 0.1) is 5.92 Å². The lowest BCUT2D eigenvalue weighted by molar-refractivity contribution is -0.134. The van der Waals surface area contributed by atoms with Crippen molar-refractivity contribution in [2.45, 2.75) is 97.9 Å². The zero-order valence-electron chi connectivity index (χ0n) is 29.5. The fraction of sp³-hybridized carbons (Fsp3) is 0.618. The van der Waals surface area contributed by atoms with Gasteiger partial charge in [0.05, 0.1) is 12.2 Å². The Morgan fingerprint density at radius 2 is 1.71 bits per heavy atom. The van der Waals surface area contributed by atoms with Crippen LogP contribution < -0.4 is 21.3 Å². The van der Waals surface area contributed by atoms with E-state index in [1.807, 2.05) is 4.68 Å². The topological polar surface area (TPSA) is 186 Å². The summed E-state index contributed by atoms with van der Waals surface area (Å²) in [5, 5.41) is 19.5. The van der Waals surface area contributed by atoms with Crippen molar-refractivity contribution in [2.24, 2.45) is 5.92 Å². The van der Waals surface area contributed by atoms with Crippen LogP contribution in [-0.2, 0) is 41.7 Å². The quantitative estimate of drug-likeness (QED) is 0.206. The zero-order chi connectivity index (χ0) is 35.9. The van der Waals surface area contributed by atoms with Crippen LogP contribution in [0.4, 0.5) is 10.5 Å². The molecule has 0 saturated carbocycles. The molecule has 5 amide bonds. The lowest BCUT2D eigenvalue weighted by atomic mass is 9.98. The van der Waals surface area contributed by atoms with Crippen LogP contribution in [0.25, 0.3) is 0 Å². The maximum Gasteiger partial charge on any atom is 0.409 e. The molecule has 0 aliphatic heterocycles. The second-order valence-electron chi connectivity index (χ2n) is 12.8. The first-order chi connectivity index (χ1) is 23.4. The summed E-state index contributed by atoms with van der Waals surface area (Å²) >= 11 is 0. The molecule has 4 N–H and O–H groups in total. The average molecular weight is 685 g/mol. The molecule has 270 valence electrons. The van der Waals surface area contributed by atoms with Gasteiger partial charge in [0.2, 0.25) is 23.6 Å². The van der Waals surface area contributed by atoms with Gasteiger partial charge in [0.1, 0.15) is 31.1 Å². The number of anilines is 1. The van der Waals surface area contributed by atoms with Crippen molar-refractivity contribution in [3.63, 3.8) is 0 Å². The maximum atomic E-state index is 13.0. The summed E-state index contributed by atoms with van der Waals surface area (Å²) in [7, 11) is 1.58. The first-order valence-electron chi connectivity index (χ1n) is 17.1. The SMILES string of the molecule is CCC(=O)NCCN(C)C(=O)OCc1ccc(NC(=O)CNC(=O)C(NC(=O)COC2CCCCCc3c2nnn3C(C)C)C(C)C)cc1. The van der Waals surface area contributed by atoms with Crippen LogP contribution in [0.1, 0.15) is 95.8 Å². The lowest BCUT2D eigenvalue weighted by Crippen LogP contribution is -2.51. The summed E-state index contributed by atoms with van der Waals surface area (Å²) in [6, 6.07) is 6.04. The Balaban J connectivity index is 1.42. The minimum absolute atomic E-state index is 0.0313. The van der Waals surface area contributed by atoms with Crippen molar-refractivity contribution in [2.75, 3.05) is 38.6 Å². The van der Waals surface area contributed by atoms with Gasteiger partial charge in [0.15, 0.2) is 0 Å². The summed E-state index contributed by atoms with van der Waals surface area (Å²) in [5.74, 6) is -1.70. The van der Waals surface area contributed by atoms with Crippen molar-refractivity contribution in [1.29, 1.82) is 0 Å². The zero-order valence-corrected chi connectivity index (χ0v) is 29.5. The summed E-state index contributed by atoms with van der Waals surface area (Å²) in [6.07, 6.45) is 4.16. The third-order valence-electron chi connectivity index (χ3n) is 8.10. The number of fused-ring (bicyclic) bond motifs is 1. The van der Waals surface area contributed by atoms with E-state index in [1.165, 1.54) is 4.90 Å².